The van der Waals surface area contributed by atoms with E-state index in [-0.39, 0.29) is 60.7 Å². The molecule has 2 aliphatic heterocycles. The van der Waals surface area contributed by atoms with Gasteiger partial charge in [0.25, 0.3) is 11.8 Å². The molecule has 504 valence electrons. The molecule has 8 amide bonds. The summed E-state index contributed by atoms with van der Waals surface area (Å²) in [4.78, 5) is 86.4. The van der Waals surface area contributed by atoms with E-state index in [1.165, 1.54) is 82.3 Å². The number of nitrogens with two attached hydrogens (primary N) is 1. The lowest BCUT2D eigenvalue weighted by Gasteiger charge is -2.34. The van der Waals surface area contributed by atoms with E-state index in [9.17, 15) is 28.8 Å². The van der Waals surface area contributed by atoms with Crippen molar-refractivity contribution >= 4 is 99.4 Å². The summed E-state index contributed by atoms with van der Waals surface area (Å²) in [7, 11) is 6.46. The number of methoxy groups -OCH3 is 2. The Hall–Kier alpha value is -8.96. The van der Waals surface area contributed by atoms with Crippen molar-refractivity contribution < 1.29 is 49.3 Å². The standard InChI is InChI=1S/C23H27N9O3.C16H16ClN7O2.C7H13ClN2O.C7H12N2O.C4H9N.C3H4ClNO.2H2/c1-24-22(33)19-17(12-18(27-28-19)32-11-10-31(23(32)34)14-6-4-7-14)26-16-9-5-8-15(20(16)35-3)21-25-13-30(2)29-21;1-18-16(25)13-11(7-12(17)21-22-13)20-10-6-4-5-9(14(10)26-3)15-19-8-24(2)23-15;8-4-5-9-7(11)10-6-2-1-3-6;10-7-8-4-5-9(7)6-2-1-3-6;5-4-2-1-3-4;4-1-2-5-3-6;;/h5,8-9,12-14H,4,6-7,10-11H2,1-3H3,(H,24,33)(H,26,27);4-8H,1-3H3,(H,18,25)(H,20,21);6H,1-5H2,(H2,9,10,11);6H,1-5H2,(H,8,10);4H,1-3,5H2;1-2H2;2*1H/i2*1D3;;;;;;. The van der Waals surface area contributed by atoms with Crippen molar-refractivity contribution in [3.05, 3.63) is 77.7 Å². The number of hydrogen-bond donors (Lipinski definition) is 8. The van der Waals surface area contributed by atoms with E-state index in [2.05, 4.69) is 72.1 Å². The van der Waals surface area contributed by atoms with Gasteiger partial charge in [0.1, 0.15) is 12.7 Å². The van der Waals surface area contributed by atoms with E-state index in [0.717, 1.165) is 45.2 Å². The third-order valence-electron chi connectivity index (χ3n) is 15.3. The average Bonchev–Trinajstić information content (AvgIpc) is 1.77. The SMILES string of the molecule is NC1CCC1.O=C(NCCCl)NC1CCC1.O=C1NCCN1C1CCC1.O=C=NCCCl.[2H]C([2H])([2H])NC(=O)c1nnc(Cl)cc1Nc1cccc(-c2ncn(C)n2)c1OC.[2H]C([2H])([2H])NC(=O)c1nnc(N2CCN(C3CCC3)C2=O)cc1Nc1cccc(-c2ncn(C)n2)c1OC.[HH].[HH]. The molecular weight excluding hydrogens is 1260 g/mol. The highest BCUT2D eigenvalue weighted by Crippen LogP contribution is 2.39. The number of carbonyl (C=O) groups excluding carboxylic acids is 6. The number of nitrogens with one attached hydrogen (secondary N) is 7. The lowest BCUT2D eigenvalue weighted by Crippen LogP contribution is -2.45. The second kappa shape index (κ2) is 36.3. The third kappa shape index (κ3) is 20.0. The first-order valence-corrected chi connectivity index (χ1v) is 31.5. The minimum Gasteiger partial charge on any atom is -0.494 e. The van der Waals surface area contributed by atoms with Crippen LogP contribution in [0.1, 0.15) is 109 Å². The summed E-state index contributed by atoms with van der Waals surface area (Å²) >= 11 is 16.4. The highest BCUT2D eigenvalue weighted by Gasteiger charge is 2.38. The molecule has 4 saturated carbocycles. The number of aliphatic imine (C=N–C) groups is 1. The molecule has 4 aliphatic carbocycles. The number of aryl methyl sites for hydroxylation is 2. The monoisotopic (exact) mass is 1350 g/mol. The first-order chi connectivity index (χ1) is 47.3. The molecule has 6 heterocycles. The number of nitrogens with zero attached hydrogens (tertiary/aromatic N) is 14. The van der Waals surface area contributed by atoms with E-state index in [1.54, 1.807) is 72.5 Å². The Morgan fingerprint density at radius 2 is 1.27 bits per heavy atom. The summed E-state index contributed by atoms with van der Waals surface area (Å²) in [5, 5.41) is 42.3. The van der Waals surface area contributed by atoms with Crippen LogP contribution in [-0.4, -0.2) is 199 Å². The number of aromatic nitrogens is 10. The van der Waals surface area contributed by atoms with Crippen LogP contribution in [-0.2, 0) is 18.9 Å². The van der Waals surface area contributed by atoms with Crippen LogP contribution >= 0.6 is 34.8 Å². The molecule has 6 fully saturated rings. The lowest BCUT2D eigenvalue weighted by atomic mass is 9.92. The number of amides is 8. The molecular formula is C60H85Cl3N22O8. The Bertz CT molecular complexity index is 3750. The van der Waals surface area contributed by atoms with Crippen molar-refractivity contribution in [3.8, 4) is 34.3 Å². The molecule has 4 aromatic heterocycles. The van der Waals surface area contributed by atoms with Gasteiger partial charge in [0.15, 0.2) is 45.5 Å². The number of rotatable bonds is 18. The van der Waals surface area contributed by atoms with E-state index in [1.807, 2.05) is 20.4 Å². The van der Waals surface area contributed by atoms with Crippen LogP contribution in [0.2, 0.25) is 5.15 Å². The molecule has 6 aromatic rings. The number of benzene rings is 2. The number of isocyanates is 1. The van der Waals surface area contributed by atoms with Crippen LogP contribution in [0.5, 0.6) is 11.5 Å². The van der Waals surface area contributed by atoms with Crippen LogP contribution in [0.4, 0.5) is 43.0 Å². The minimum atomic E-state index is -2.73. The van der Waals surface area contributed by atoms with E-state index in [4.69, 9.17) is 58.2 Å². The zero-order valence-corrected chi connectivity index (χ0v) is 54.2. The van der Waals surface area contributed by atoms with Gasteiger partial charge in [-0.2, -0.15) is 10.2 Å². The van der Waals surface area contributed by atoms with Gasteiger partial charge in [0.05, 0.1) is 54.6 Å². The summed E-state index contributed by atoms with van der Waals surface area (Å²) in [5.41, 5.74) is 7.30. The Morgan fingerprint density at radius 1 is 0.731 bits per heavy atom. The van der Waals surface area contributed by atoms with E-state index < -0.39 is 25.8 Å². The first kappa shape index (κ1) is 62.8. The van der Waals surface area contributed by atoms with Crippen molar-refractivity contribution in [2.24, 2.45) is 24.8 Å². The number of alkyl halides is 2. The molecule has 0 unspecified atom stereocenters. The number of hydrogen-bond acceptors (Lipinski definition) is 20. The Morgan fingerprint density at radius 3 is 1.69 bits per heavy atom. The summed E-state index contributed by atoms with van der Waals surface area (Å²) in [6.45, 7) is -1.73. The van der Waals surface area contributed by atoms with Gasteiger partial charge < -0.3 is 62.2 Å². The summed E-state index contributed by atoms with van der Waals surface area (Å²) in [6, 6.07) is 15.0. The molecule has 12 rings (SSSR count). The molecule has 6 aliphatic rings. The predicted molar refractivity (Wildman–Crippen MR) is 358 cm³/mol. The average molecular weight is 1350 g/mol. The predicted octanol–water partition coefficient (Wildman–Crippen LogP) is 7.41. The number of halogens is 3. The normalized spacial score (nSPS) is 16.8. The number of ether oxygens (including phenoxy) is 2. The van der Waals surface area contributed by atoms with Crippen LogP contribution in [0.25, 0.3) is 22.8 Å². The molecule has 2 aromatic carbocycles. The number of urea groups is 3. The van der Waals surface area contributed by atoms with Gasteiger partial charge in [-0.15, -0.1) is 43.6 Å². The number of anilines is 5. The van der Waals surface area contributed by atoms with Crippen molar-refractivity contribution in [1.29, 1.82) is 0 Å². The van der Waals surface area contributed by atoms with Crippen LogP contribution in [0, 0.1) is 0 Å². The molecule has 0 bridgehead atoms. The Labute approximate surface area is 565 Å². The smallest absolute Gasteiger partial charge is 0.326 e. The van der Waals surface area contributed by atoms with E-state index >= 15 is 0 Å². The summed E-state index contributed by atoms with van der Waals surface area (Å²) in [6.07, 6.45) is 18.6. The van der Waals surface area contributed by atoms with Gasteiger partial charge >= 0.3 is 18.1 Å². The highest BCUT2D eigenvalue weighted by molar-refractivity contribution is 6.29. The van der Waals surface area contributed by atoms with Crippen molar-refractivity contribution in [3.63, 3.8) is 0 Å². The fraction of sp³-hybridized carbons (Fsp3) is 0.500. The largest absolute Gasteiger partial charge is 0.494 e. The zero-order valence-electron chi connectivity index (χ0n) is 58.0. The van der Waals surface area contributed by atoms with Gasteiger partial charge in [-0.1, -0.05) is 30.2 Å². The van der Waals surface area contributed by atoms with Crippen LogP contribution in [0.15, 0.2) is 66.2 Å². The van der Waals surface area contributed by atoms with Gasteiger partial charge in [-0.3, -0.25) is 23.9 Å². The molecule has 0 atom stereocenters. The van der Waals surface area contributed by atoms with Crippen molar-refractivity contribution in [2.45, 2.75) is 101 Å². The van der Waals surface area contributed by atoms with Gasteiger partial charge in [0, 0.05) is 120 Å². The van der Waals surface area contributed by atoms with Gasteiger partial charge in [-0.05, 0) is 94.9 Å². The fourth-order valence-corrected chi connectivity index (χ4v) is 9.94. The first-order valence-electron chi connectivity index (χ1n) is 33.1. The molecule has 33 heteroatoms. The minimum absolute atomic E-state index is 0. The topological polar surface area (TPSA) is 366 Å². The third-order valence-corrected chi connectivity index (χ3v) is 15.9. The summed E-state index contributed by atoms with van der Waals surface area (Å²) in [5.74, 6) is 0.913. The highest BCUT2D eigenvalue weighted by atomic mass is 35.5. The number of carbonyl (C=O) groups is 5. The van der Waals surface area contributed by atoms with Crippen molar-refractivity contribution in [2.75, 3.05) is 94.7 Å². The molecule has 2 saturated heterocycles. The second-order valence-corrected chi connectivity index (χ2v) is 22.7. The maximum absolute atomic E-state index is 13.1. The fourth-order valence-electron chi connectivity index (χ4n) is 9.62. The molecule has 9 N–H and O–H groups in total. The van der Waals surface area contributed by atoms with E-state index in [0.29, 0.717) is 102 Å². The molecule has 0 radical (unpaired) electrons. The maximum Gasteiger partial charge on any atom is 0.326 e. The number of para-hydroxylation sites is 2. The zero-order chi connectivity index (χ0) is 71.8. The molecule has 0 spiro atoms. The van der Waals surface area contributed by atoms with Crippen molar-refractivity contribution in [1.82, 2.24) is 86.3 Å². The quantitative estimate of drug-likeness (QED) is 0.0236. The molecule has 30 nitrogen and oxygen atoms in total. The van der Waals surface area contributed by atoms with Gasteiger partial charge in [-0.25, -0.2) is 34.1 Å². The summed E-state index contributed by atoms with van der Waals surface area (Å²) < 4.78 is 58.2. The van der Waals surface area contributed by atoms with Gasteiger partial charge in [0.2, 0.25) is 6.08 Å². The Balaban J connectivity index is 0.000000253. The van der Waals surface area contributed by atoms with Crippen LogP contribution in [0.3, 0.4) is 0 Å². The second-order valence-electron chi connectivity index (χ2n) is 21.6. The lowest BCUT2D eigenvalue weighted by molar-refractivity contribution is 0.0950. The molecule has 93 heavy (non-hydrogen) atoms. The maximum atomic E-state index is 13.1. The van der Waals surface area contributed by atoms with Crippen LogP contribution < -0.4 is 57.3 Å². The Kier molecular flexibility index (Phi) is 24.5.